The zero-order valence-electron chi connectivity index (χ0n) is 33.5. The maximum atomic E-state index is 4.43. The first kappa shape index (κ1) is 36.3. The van der Waals surface area contributed by atoms with E-state index in [0.29, 0.717) is 120 Å². The Bertz CT molecular complexity index is 1100. The van der Waals surface area contributed by atoms with Gasteiger partial charge in [-0.3, -0.25) is 42.5 Å². The van der Waals surface area contributed by atoms with Crippen molar-refractivity contribution in [2.24, 2.45) is 94.7 Å². The first-order valence-corrected chi connectivity index (χ1v) is 21.2. The summed E-state index contributed by atoms with van der Waals surface area (Å²) in [6.07, 6.45) is 13.7. The molecule has 9 rings (SSSR count). The summed E-state index contributed by atoms with van der Waals surface area (Å²) in [7, 11) is 0. The number of rotatable bonds is 0. The fourth-order valence-electron chi connectivity index (χ4n) is 14.7. The van der Waals surface area contributed by atoms with E-state index >= 15 is 0 Å². The first-order chi connectivity index (χ1) is 23.1. The van der Waals surface area contributed by atoms with Gasteiger partial charge in [-0.1, -0.05) is 81.1 Å². The molecule has 5 aliphatic heterocycles. The van der Waals surface area contributed by atoms with E-state index in [1.165, 1.54) is 51.4 Å². The fourth-order valence-corrected chi connectivity index (χ4v) is 14.7. The molecule has 274 valence electrons. The van der Waals surface area contributed by atoms with Crippen molar-refractivity contribution in [2.75, 3.05) is 0 Å². The summed E-state index contributed by atoms with van der Waals surface area (Å²) < 4.78 is 0. The molecule has 4 aliphatic carbocycles. The Labute approximate surface area is 312 Å². The van der Waals surface area contributed by atoms with E-state index in [0.717, 1.165) is 23.7 Å². The number of fused-ring (bicyclic) bond motifs is 20. The third-order valence-corrected chi connectivity index (χ3v) is 18.2. The molecule has 0 aromatic rings. The molecule has 5 heterocycles. The van der Waals surface area contributed by atoms with E-state index in [1.54, 1.807) is 0 Å². The Kier molecular flexibility index (Phi) is 10.2. The molecule has 24 unspecified atom stereocenters. The van der Waals surface area contributed by atoms with Crippen LogP contribution in [0.25, 0.3) is 0 Å². The minimum atomic E-state index is 0. The van der Waals surface area contributed by atoms with Crippen molar-refractivity contribution < 1.29 is 20.3 Å². The smallest absolute Gasteiger partial charge is 1.00 e. The van der Waals surface area contributed by atoms with Crippen molar-refractivity contribution in [3.63, 3.8) is 0 Å². The molecule has 0 spiro atoms. The molecule has 0 aromatic heterocycles. The van der Waals surface area contributed by atoms with Crippen LogP contribution in [0.15, 0.2) is 0 Å². The van der Waals surface area contributed by atoms with Crippen molar-refractivity contribution in [3.8, 4) is 0 Å². The molecule has 4 saturated carbocycles. The molecule has 0 radical (unpaired) electrons. The second-order valence-corrected chi connectivity index (χ2v) is 19.6. The summed E-state index contributed by atoms with van der Waals surface area (Å²) >= 11 is 0. The fraction of sp³-hybridized carbons (Fsp3) is 1.00. The van der Waals surface area contributed by atoms with Crippen LogP contribution in [0.5, 0.6) is 0 Å². The Morgan fingerprint density at radius 2 is 0.469 bits per heavy atom. The number of nitrogens with one attached hydrogen (secondary N) is 8. The van der Waals surface area contributed by atoms with Gasteiger partial charge in [-0.2, -0.15) is 0 Å². The van der Waals surface area contributed by atoms with Gasteiger partial charge >= 0.3 is 18.9 Å². The maximum Gasteiger partial charge on any atom is 1.00 e. The monoisotopic (exact) mass is 673 g/mol. The van der Waals surface area contributed by atoms with E-state index in [4.69, 9.17) is 0 Å². The van der Waals surface area contributed by atoms with E-state index in [9.17, 15) is 0 Å². The second kappa shape index (κ2) is 13.8. The summed E-state index contributed by atoms with van der Waals surface area (Å²) in [5.74, 6) is 11.0. The predicted molar refractivity (Wildman–Crippen MR) is 195 cm³/mol. The Hall–Kier alpha value is 0.277. The van der Waals surface area contributed by atoms with E-state index in [1.807, 2.05) is 0 Å². The zero-order chi connectivity index (χ0) is 33.2. The van der Waals surface area contributed by atoms with Gasteiger partial charge in [-0.25, -0.2) is 0 Å². The molecule has 9 fully saturated rings. The van der Waals surface area contributed by atoms with Gasteiger partial charge in [0.15, 0.2) is 0 Å². The normalized spacial score (nSPS) is 61.2. The van der Waals surface area contributed by atoms with Crippen LogP contribution < -0.4 is 61.4 Å². The van der Waals surface area contributed by atoms with Crippen LogP contribution in [0.2, 0.25) is 0 Å². The van der Waals surface area contributed by atoms with Crippen LogP contribution in [-0.4, -0.2) is 49.3 Å². The molecular weight excluding hydrogens is 599 g/mol. The summed E-state index contributed by atoms with van der Waals surface area (Å²) in [5.41, 5.74) is 0. The first-order valence-electron chi connectivity index (χ1n) is 21.2. The summed E-state index contributed by atoms with van der Waals surface area (Å²) in [6.45, 7) is 20.5. The Balaban J connectivity index is 0.00000196. The van der Waals surface area contributed by atoms with Crippen LogP contribution >= 0.6 is 0 Å². The summed E-state index contributed by atoms with van der Waals surface area (Å²) in [4.78, 5) is 0. The van der Waals surface area contributed by atoms with Gasteiger partial charge in [-0.15, -0.1) is 0 Å². The van der Waals surface area contributed by atoms with Crippen LogP contribution in [0.1, 0.15) is 108 Å². The molecular formula is C40H73LiN8. The van der Waals surface area contributed by atoms with Gasteiger partial charge in [0.05, 0.1) is 49.3 Å². The van der Waals surface area contributed by atoms with Gasteiger partial charge in [-0.05, 0) is 120 Å². The second-order valence-electron chi connectivity index (χ2n) is 19.6. The van der Waals surface area contributed by atoms with Crippen molar-refractivity contribution in [2.45, 2.75) is 156 Å². The number of hydrogen-bond acceptors (Lipinski definition) is 8. The minimum Gasteiger partial charge on any atom is -1.00 e. The molecule has 0 amide bonds. The van der Waals surface area contributed by atoms with Crippen molar-refractivity contribution in [1.29, 1.82) is 0 Å². The van der Waals surface area contributed by atoms with Gasteiger partial charge < -0.3 is 1.43 Å². The number of hydrogen-bond donors (Lipinski definition) is 8. The molecule has 24 atom stereocenters. The third-order valence-electron chi connectivity index (χ3n) is 18.2. The van der Waals surface area contributed by atoms with E-state index in [2.05, 4.69) is 97.9 Å². The van der Waals surface area contributed by atoms with Crippen LogP contribution in [0.3, 0.4) is 0 Å². The van der Waals surface area contributed by atoms with Gasteiger partial charge in [0.2, 0.25) is 0 Å². The predicted octanol–water partition coefficient (Wildman–Crippen LogP) is 1.69. The maximum absolute atomic E-state index is 4.43. The average molecular weight is 673 g/mol. The van der Waals surface area contributed by atoms with Crippen LogP contribution in [-0.2, 0) is 0 Å². The molecule has 9 heteroatoms. The Morgan fingerprint density at radius 3 is 0.694 bits per heavy atom. The average Bonchev–Trinajstić information content (AvgIpc) is 3.83. The third kappa shape index (κ3) is 5.73. The van der Waals surface area contributed by atoms with E-state index in [-0.39, 0.29) is 20.3 Å². The summed E-state index contributed by atoms with van der Waals surface area (Å²) in [5, 5.41) is 34.7. The molecule has 49 heavy (non-hydrogen) atoms. The van der Waals surface area contributed by atoms with Crippen LogP contribution in [0.4, 0.5) is 0 Å². The SMILES string of the molecule is CC1C(C)C(C)C2C3NC(NC4NC(NC5NC(NC6NC(N3)C3C(C)C(C)C(C)C(C)C63)C3CCCCC53)C3CCCCC43)C2C1C.[H-].[Li+]. The topological polar surface area (TPSA) is 96.2 Å². The quantitative estimate of drug-likeness (QED) is 0.185. The van der Waals surface area contributed by atoms with Crippen molar-refractivity contribution >= 4 is 0 Å². The zero-order valence-corrected chi connectivity index (χ0v) is 32.5. The van der Waals surface area contributed by atoms with Gasteiger partial charge in [0.25, 0.3) is 0 Å². The largest absolute Gasteiger partial charge is 1.00 e. The standard InChI is InChI=1S/C40H72N8.Li.H/c1-17-19(3)23(7)31-29(21(17)5)37-44-35-27-15-11-9-13-25(27)33(42-35)41-34-26-14-10-12-16-28(26)36(43-34)45-38-30-22(6)18(2)20(4)24(8)32(30)40(47-38)48-39(31)46-37;;/h17-48H,9-16H2,1-8H3;;/q;+1;-1. The molecule has 5 saturated heterocycles. The van der Waals surface area contributed by atoms with E-state index < -0.39 is 0 Å². The van der Waals surface area contributed by atoms with Crippen molar-refractivity contribution in [3.05, 3.63) is 0 Å². The van der Waals surface area contributed by atoms with Gasteiger partial charge in [0, 0.05) is 0 Å². The molecule has 8 bridgehead atoms. The molecule has 0 aromatic carbocycles. The molecule has 8 N–H and O–H groups in total. The minimum absolute atomic E-state index is 0. The summed E-state index contributed by atoms with van der Waals surface area (Å²) in [6, 6.07) is 0. The van der Waals surface area contributed by atoms with Crippen molar-refractivity contribution in [1.82, 2.24) is 42.5 Å². The molecule has 8 nitrogen and oxygen atoms in total. The Morgan fingerprint density at radius 1 is 0.286 bits per heavy atom. The van der Waals surface area contributed by atoms with Gasteiger partial charge in [0.1, 0.15) is 0 Å². The van der Waals surface area contributed by atoms with Crippen LogP contribution in [0, 0.1) is 94.7 Å². The molecule has 9 aliphatic rings.